The van der Waals surface area contributed by atoms with E-state index in [4.69, 9.17) is 32.7 Å². The Bertz CT molecular complexity index is 1180. The van der Waals surface area contributed by atoms with Crippen LogP contribution in [0.5, 0.6) is 11.5 Å². The summed E-state index contributed by atoms with van der Waals surface area (Å²) in [5, 5.41) is 10.9. The van der Waals surface area contributed by atoms with Gasteiger partial charge in [0.25, 0.3) is 0 Å². The average Bonchev–Trinajstić information content (AvgIpc) is 3.22. The van der Waals surface area contributed by atoms with Gasteiger partial charge in [0.1, 0.15) is 11.5 Å². The first-order chi connectivity index (χ1) is 15.1. The van der Waals surface area contributed by atoms with Gasteiger partial charge in [-0.05, 0) is 42.0 Å². The number of halogens is 2. The van der Waals surface area contributed by atoms with E-state index >= 15 is 0 Å². The average molecular weight is 472 g/mol. The predicted molar refractivity (Wildman–Crippen MR) is 126 cm³/mol. The maximum atomic E-state index is 6.35. The summed E-state index contributed by atoms with van der Waals surface area (Å²) >= 11 is 13.9. The second-order valence-electron chi connectivity index (χ2n) is 6.60. The van der Waals surface area contributed by atoms with Crippen molar-refractivity contribution in [3.05, 3.63) is 82.3 Å². The van der Waals surface area contributed by atoms with E-state index in [1.54, 1.807) is 32.0 Å². The molecule has 0 unspecified atom stereocenters. The van der Waals surface area contributed by atoms with Crippen LogP contribution in [0.25, 0.3) is 17.1 Å². The van der Waals surface area contributed by atoms with Crippen LogP contribution in [-0.4, -0.2) is 29.0 Å². The minimum Gasteiger partial charge on any atom is -0.497 e. The molecule has 0 spiro atoms. The summed E-state index contributed by atoms with van der Waals surface area (Å²) in [7, 11) is 3.25. The maximum Gasteiger partial charge on any atom is 0.196 e. The Morgan fingerprint density at radius 1 is 0.871 bits per heavy atom. The lowest BCUT2D eigenvalue weighted by molar-refractivity contribution is 0.394. The number of thioether (sulfide) groups is 1. The molecule has 158 valence electrons. The molecule has 1 aromatic heterocycles. The smallest absolute Gasteiger partial charge is 0.196 e. The van der Waals surface area contributed by atoms with Crippen molar-refractivity contribution in [3.63, 3.8) is 0 Å². The van der Waals surface area contributed by atoms with Crippen LogP contribution in [-0.2, 0) is 5.75 Å². The fourth-order valence-electron chi connectivity index (χ4n) is 3.08. The zero-order valence-electron chi connectivity index (χ0n) is 16.9. The fourth-order valence-corrected chi connectivity index (χ4v) is 4.59. The van der Waals surface area contributed by atoms with Gasteiger partial charge in [-0.2, -0.15) is 0 Å². The monoisotopic (exact) mass is 471 g/mol. The Hall–Kier alpha value is -2.67. The third kappa shape index (κ3) is 4.82. The minimum absolute atomic E-state index is 0.612. The molecule has 0 N–H and O–H groups in total. The van der Waals surface area contributed by atoms with Crippen molar-refractivity contribution < 1.29 is 9.47 Å². The van der Waals surface area contributed by atoms with Gasteiger partial charge in [-0.25, -0.2) is 0 Å². The lowest BCUT2D eigenvalue weighted by atomic mass is 10.2. The number of methoxy groups -OCH3 is 2. The van der Waals surface area contributed by atoms with E-state index in [2.05, 4.69) is 10.2 Å². The Balaban J connectivity index is 1.76. The molecule has 0 saturated heterocycles. The van der Waals surface area contributed by atoms with E-state index in [0.717, 1.165) is 22.0 Å². The third-order valence-corrected chi connectivity index (χ3v) is 6.19. The van der Waals surface area contributed by atoms with Crippen LogP contribution >= 0.6 is 35.0 Å². The van der Waals surface area contributed by atoms with E-state index < -0.39 is 0 Å². The molecule has 3 aromatic carbocycles. The highest BCUT2D eigenvalue weighted by atomic mass is 35.5. The van der Waals surface area contributed by atoms with Crippen LogP contribution in [0.3, 0.4) is 0 Å². The summed E-state index contributed by atoms with van der Waals surface area (Å²) in [6, 6.07) is 21.1. The summed E-state index contributed by atoms with van der Waals surface area (Å²) in [4.78, 5) is 0. The SMILES string of the molecule is COc1cc(OC)cc(-c2nnc(SCc3ccc(Cl)cc3Cl)n2-c2ccccc2)c1. The van der Waals surface area contributed by atoms with Gasteiger partial charge in [-0.3, -0.25) is 4.57 Å². The quantitative estimate of drug-likeness (QED) is 0.286. The number of rotatable bonds is 7. The second-order valence-corrected chi connectivity index (χ2v) is 8.39. The highest BCUT2D eigenvalue weighted by molar-refractivity contribution is 7.98. The molecule has 0 radical (unpaired) electrons. The molecule has 0 fully saturated rings. The second kappa shape index (κ2) is 9.64. The molecule has 4 rings (SSSR count). The number of benzene rings is 3. The molecule has 0 saturated carbocycles. The molecule has 31 heavy (non-hydrogen) atoms. The molecule has 1 heterocycles. The van der Waals surface area contributed by atoms with Gasteiger partial charge in [0, 0.05) is 33.1 Å². The first-order valence-electron chi connectivity index (χ1n) is 9.40. The van der Waals surface area contributed by atoms with Crippen molar-refractivity contribution in [2.75, 3.05) is 14.2 Å². The lowest BCUT2D eigenvalue weighted by Crippen LogP contribution is -2.00. The van der Waals surface area contributed by atoms with Crippen molar-refractivity contribution in [1.82, 2.24) is 14.8 Å². The Morgan fingerprint density at radius 2 is 1.58 bits per heavy atom. The fraction of sp³-hybridized carbons (Fsp3) is 0.130. The third-order valence-electron chi connectivity index (χ3n) is 4.63. The normalized spacial score (nSPS) is 10.8. The molecule has 0 amide bonds. The molecule has 4 aromatic rings. The van der Waals surface area contributed by atoms with Gasteiger partial charge in [0.15, 0.2) is 11.0 Å². The van der Waals surface area contributed by atoms with Crippen molar-refractivity contribution >= 4 is 35.0 Å². The number of nitrogens with zero attached hydrogens (tertiary/aromatic N) is 3. The largest absolute Gasteiger partial charge is 0.497 e. The van der Waals surface area contributed by atoms with Crippen molar-refractivity contribution in [1.29, 1.82) is 0 Å². The molecule has 0 aliphatic rings. The standard InChI is InChI=1S/C23H19Cl2N3O2S/c1-29-19-10-16(11-20(13-19)30-2)22-26-27-23(28(22)18-6-4-3-5-7-18)31-14-15-8-9-17(24)12-21(15)25/h3-13H,14H2,1-2H3. The molecule has 8 heteroatoms. The topological polar surface area (TPSA) is 49.2 Å². The van der Waals surface area contributed by atoms with Crippen LogP contribution in [0.15, 0.2) is 71.9 Å². The molecular weight excluding hydrogens is 453 g/mol. The molecule has 5 nitrogen and oxygen atoms in total. The zero-order chi connectivity index (χ0) is 21.8. The highest BCUT2D eigenvalue weighted by Crippen LogP contribution is 2.34. The van der Waals surface area contributed by atoms with Crippen LogP contribution < -0.4 is 9.47 Å². The van der Waals surface area contributed by atoms with E-state index in [9.17, 15) is 0 Å². The number of para-hydroxylation sites is 1. The van der Waals surface area contributed by atoms with Crippen LogP contribution in [0.2, 0.25) is 10.0 Å². The summed E-state index contributed by atoms with van der Waals surface area (Å²) in [5.41, 5.74) is 2.76. The number of ether oxygens (including phenoxy) is 2. The number of aromatic nitrogens is 3. The van der Waals surface area contributed by atoms with E-state index in [1.807, 2.05) is 65.2 Å². The van der Waals surface area contributed by atoms with Gasteiger partial charge >= 0.3 is 0 Å². The predicted octanol–water partition coefficient (Wildman–Crippen LogP) is 6.55. The van der Waals surface area contributed by atoms with Gasteiger partial charge in [-0.1, -0.05) is 59.2 Å². The highest BCUT2D eigenvalue weighted by Gasteiger charge is 2.18. The van der Waals surface area contributed by atoms with Gasteiger partial charge in [-0.15, -0.1) is 10.2 Å². The summed E-state index contributed by atoms with van der Waals surface area (Å²) in [6.07, 6.45) is 0. The molecule has 0 aliphatic carbocycles. The van der Waals surface area contributed by atoms with E-state index in [0.29, 0.717) is 33.1 Å². The van der Waals surface area contributed by atoms with Crippen LogP contribution in [0.4, 0.5) is 0 Å². The van der Waals surface area contributed by atoms with Gasteiger partial charge < -0.3 is 9.47 Å². The minimum atomic E-state index is 0.612. The van der Waals surface area contributed by atoms with Gasteiger partial charge in [0.05, 0.1) is 14.2 Å². The molecular formula is C23H19Cl2N3O2S. The van der Waals surface area contributed by atoms with Crippen LogP contribution in [0.1, 0.15) is 5.56 Å². The number of hydrogen-bond acceptors (Lipinski definition) is 5. The van der Waals surface area contributed by atoms with Crippen molar-refractivity contribution in [2.24, 2.45) is 0 Å². The zero-order valence-corrected chi connectivity index (χ0v) is 19.2. The van der Waals surface area contributed by atoms with Crippen molar-refractivity contribution in [2.45, 2.75) is 10.9 Å². The van der Waals surface area contributed by atoms with E-state index in [-0.39, 0.29) is 0 Å². The first kappa shape index (κ1) is 21.6. The summed E-state index contributed by atoms with van der Waals surface area (Å²) in [6.45, 7) is 0. The Labute approximate surface area is 194 Å². The summed E-state index contributed by atoms with van der Waals surface area (Å²) < 4.78 is 12.9. The molecule has 0 atom stereocenters. The van der Waals surface area contributed by atoms with Crippen LogP contribution in [0, 0.1) is 0 Å². The Morgan fingerprint density at radius 3 is 2.23 bits per heavy atom. The maximum absolute atomic E-state index is 6.35. The van der Waals surface area contributed by atoms with Crippen molar-refractivity contribution in [3.8, 4) is 28.6 Å². The molecule has 0 aliphatic heterocycles. The van der Waals surface area contributed by atoms with Gasteiger partial charge in [0.2, 0.25) is 0 Å². The number of hydrogen-bond donors (Lipinski definition) is 0. The Kier molecular flexibility index (Phi) is 6.70. The summed E-state index contributed by atoms with van der Waals surface area (Å²) in [5.74, 6) is 2.67. The lowest BCUT2D eigenvalue weighted by Gasteiger charge is -2.12. The van der Waals surface area contributed by atoms with E-state index in [1.165, 1.54) is 0 Å². The first-order valence-corrected chi connectivity index (χ1v) is 11.1. The molecule has 0 bridgehead atoms.